The van der Waals surface area contributed by atoms with E-state index >= 15 is 0 Å². The summed E-state index contributed by atoms with van der Waals surface area (Å²) in [4.78, 5) is 4.13. The van der Waals surface area contributed by atoms with Crippen molar-refractivity contribution in [2.75, 3.05) is 13.1 Å². The van der Waals surface area contributed by atoms with Gasteiger partial charge in [0.25, 0.3) is 0 Å². The lowest BCUT2D eigenvalue weighted by atomic mass is 9.92. The van der Waals surface area contributed by atoms with E-state index in [1.807, 2.05) is 27.8 Å². The number of aromatic nitrogens is 3. The highest BCUT2D eigenvalue weighted by atomic mass is 16.3. The van der Waals surface area contributed by atoms with Crippen LogP contribution >= 0.6 is 0 Å². The van der Waals surface area contributed by atoms with Gasteiger partial charge in [0, 0.05) is 26.6 Å². The second-order valence-electron chi connectivity index (χ2n) is 4.77. The van der Waals surface area contributed by atoms with Gasteiger partial charge in [0.05, 0.1) is 5.60 Å². The van der Waals surface area contributed by atoms with Crippen LogP contribution in [0.25, 0.3) is 0 Å². The number of nitrogens with one attached hydrogen (secondary N) is 1. The first-order valence-electron chi connectivity index (χ1n) is 5.69. The summed E-state index contributed by atoms with van der Waals surface area (Å²) < 4.78 is 1.69. The molecular weight excluding hydrogens is 204 g/mol. The Hall–Kier alpha value is -0.940. The van der Waals surface area contributed by atoms with Crippen molar-refractivity contribution in [3.05, 3.63) is 12.2 Å². The van der Waals surface area contributed by atoms with Gasteiger partial charge < -0.3 is 10.4 Å². The zero-order chi connectivity index (χ0) is 12.2. The summed E-state index contributed by atoms with van der Waals surface area (Å²) >= 11 is 0. The lowest BCUT2D eigenvalue weighted by Gasteiger charge is -2.27. The summed E-state index contributed by atoms with van der Waals surface area (Å²) in [5.74, 6) is 1.08. The van der Waals surface area contributed by atoms with E-state index in [4.69, 9.17) is 0 Å². The van der Waals surface area contributed by atoms with Gasteiger partial charge in [-0.25, -0.2) is 4.98 Å². The Morgan fingerprint density at radius 1 is 1.56 bits per heavy atom. The molecule has 2 N–H and O–H groups in total. The van der Waals surface area contributed by atoms with Crippen LogP contribution in [0.2, 0.25) is 0 Å². The first-order valence-corrected chi connectivity index (χ1v) is 5.69. The molecule has 0 saturated heterocycles. The zero-order valence-corrected chi connectivity index (χ0v) is 10.6. The molecule has 0 aliphatic rings. The highest BCUT2D eigenvalue weighted by molar-refractivity contribution is 4.84. The van der Waals surface area contributed by atoms with Crippen molar-refractivity contribution in [1.82, 2.24) is 20.1 Å². The Balaban J connectivity index is 2.22. The second kappa shape index (κ2) is 5.41. The molecule has 0 amide bonds. The smallest absolute Gasteiger partial charge is 0.151 e. The van der Waals surface area contributed by atoms with Crippen LogP contribution in [-0.2, 0) is 13.5 Å². The highest BCUT2D eigenvalue weighted by Gasteiger charge is 2.23. The van der Waals surface area contributed by atoms with E-state index in [0.717, 1.165) is 18.8 Å². The summed E-state index contributed by atoms with van der Waals surface area (Å²) in [7, 11) is 1.85. The van der Waals surface area contributed by atoms with E-state index in [2.05, 4.69) is 15.4 Å². The number of hydrogen-bond donors (Lipinski definition) is 2. The maximum absolute atomic E-state index is 10.00. The quantitative estimate of drug-likeness (QED) is 0.687. The average Bonchev–Trinajstić information content (AvgIpc) is 2.59. The van der Waals surface area contributed by atoms with E-state index in [9.17, 15) is 5.11 Å². The third-order valence-electron chi connectivity index (χ3n) is 2.90. The molecule has 0 spiro atoms. The van der Waals surface area contributed by atoms with Crippen molar-refractivity contribution in [2.45, 2.75) is 32.8 Å². The van der Waals surface area contributed by atoms with Gasteiger partial charge in [0.2, 0.25) is 0 Å². The Bertz CT molecular complexity index is 320. The molecule has 0 aliphatic heterocycles. The van der Waals surface area contributed by atoms with Gasteiger partial charge in [-0.3, -0.25) is 4.68 Å². The van der Waals surface area contributed by atoms with Crippen LogP contribution < -0.4 is 5.32 Å². The highest BCUT2D eigenvalue weighted by Crippen LogP contribution is 2.14. The van der Waals surface area contributed by atoms with Crippen molar-refractivity contribution < 1.29 is 5.11 Å². The molecule has 1 unspecified atom stereocenters. The number of hydrogen-bond acceptors (Lipinski definition) is 4. The maximum atomic E-state index is 10.00. The van der Waals surface area contributed by atoms with Gasteiger partial charge in [-0.05, 0) is 12.8 Å². The summed E-state index contributed by atoms with van der Waals surface area (Å²) in [6.45, 7) is 7.26. The number of rotatable bonds is 6. The third-order valence-corrected chi connectivity index (χ3v) is 2.90. The van der Waals surface area contributed by atoms with Crippen molar-refractivity contribution in [3.8, 4) is 0 Å². The largest absolute Gasteiger partial charge is 0.389 e. The molecule has 5 heteroatoms. The fourth-order valence-corrected chi connectivity index (χ4v) is 1.24. The van der Waals surface area contributed by atoms with Crippen LogP contribution in [0.5, 0.6) is 0 Å². The molecule has 0 aliphatic carbocycles. The minimum absolute atomic E-state index is 0.243. The molecule has 1 aromatic rings. The fraction of sp³-hybridized carbons (Fsp3) is 0.818. The van der Waals surface area contributed by atoms with Gasteiger partial charge >= 0.3 is 0 Å². The topological polar surface area (TPSA) is 63.0 Å². The Labute approximate surface area is 96.9 Å². The molecule has 0 aromatic carbocycles. The second-order valence-corrected chi connectivity index (χ2v) is 4.77. The van der Waals surface area contributed by atoms with Gasteiger partial charge in [-0.1, -0.05) is 13.8 Å². The molecule has 5 nitrogen and oxygen atoms in total. The summed E-state index contributed by atoms with van der Waals surface area (Å²) in [5, 5.41) is 17.4. The van der Waals surface area contributed by atoms with Crippen molar-refractivity contribution in [1.29, 1.82) is 0 Å². The first-order chi connectivity index (χ1) is 7.42. The third kappa shape index (κ3) is 3.90. The van der Waals surface area contributed by atoms with E-state index in [-0.39, 0.29) is 5.92 Å². The molecule has 1 aromatic heterocycles. The molecule has 0 fully saturated rings. The van der Waals surface area contributed by atoms with Crippen LogP contribution in [0.3, 0.4) is 0 Å². The molecule has 1 heterocycles. The van der Waals surface area contributed by atoms with Gasteiger partial charge in [-0.15, -0.1) is 0 Å². The van der Waals surface area contributed by atoms with Crippen LogP contribution in [-0.4, -0.2) is 38.6 Å². The molecule has 1 atom stereocenters. The molecule has 92 valence electrons. The number of aryl methyl sites for hydroxylation is 1. The maximum Gasteiger partial charge on any atom is 0.151 e. The first kappa shape index (κ1) is 13.1. The summed E-state index contributed by atoms with van der Waals surface area (Å²) in [6.07, 6.45) is 2.48. The lowest BCUT2D eigenvalue weighted by Crippen LogP contribution is -2.42. The molecular formula is C11H22N4O. The normalized spacial score (nSPS) is 15.4. The van der Waals surface area contributed by atoms with E-state index < -0.39 is 5.60 Å². The monoisotopic (exact) mass is 226 g/mol. The molecule has 0 radical (unpaired) electrons. The predicted octanol–water partition coefficient (Wildman–Crippen LogP) is 0.354. The van der Waals surface area contributed by atoms with E-state index in [1.54, 1.807) is 11.0 Å². The van der Waals surface area contributed by atoms with Crippen molar-refractivity contribution in [2.24, 2.45) is 13.0 Å². The number of aliphatic hydroxyl groups is 1. The molecule has 1 rings (SSSR count). The SMILES string of the molecule is CC(C)C(C)(O)CNCCc1ncn(C)n1. The zero-order valence-electron chi connectivity index (χ0n) is 10.6. The Kier molecular flexibility index (Phi) is 4.44. The summed E-state index contributed by atoms with van der Waals surface area (Å²) in [5.41, 5.74) is -0.655. The van der Waals surface area contributed by atoms with Crippen LogP contribution in [0, 0.1) is 5.92 Å². The van der Waals surface area contributed by atoms with E-state index in [0.29, 0.717) is 6.54 Å². The summed E-state index contributed by atoms with van der Waals surface area (Å²) in [6, 6.07) is 0. The minimum atomic E-state index is -0.655. The standard InChI is InChI=1S/C11H22N4O/c1-9(2)11(3,16)7-12-6-5-10-13-8-15(4)14-10/h8-9,12,16H,5-7H2,1-4H3. The van der Waals surface area contributed by atoms with Crippen LogP contribution in [0.4, 0.5) is 0 Å². The van der Waals surface area contributed by atoms with Crippen LogP contribution in [0.15, 0.2) is 6.33 Å². The minimum Gasteiger partial charge on any atom is -0.389 e. The Morgan fingerprint density at radius 3 is 2.75 bits per heavy atom. The van der Waals surface area contributed by atoms with Crippen molar-refractivity contribution in [3.63, 3.8) is 0 Å². The van der Waals surface area contributed by atoms with Gasteiger partial charge in [0.1, 0.15) is 6.33 Å². The van der Waals surface area contributed by atoms with E-state index in [1.165, 1.54) is 0 Å². The molecule has 0 bridgehead atoms. The Morgan fingerprint density at radius 2 is 2.25 bits per heavy atom. The number of nitrogens with zero attached hydrogens (tertiary/aromatic N) is 3. The van der Waals surface area contributed by atoms with Gasteiger partial charge in [0.15, 0.2) is 5.82 Å². The predicted molar refractivity (Wildman–Crippen MR) is 63.0 cm³/mol. The molecule has 16 heavy (non-hydrogen) atoms. The lowest BCUT2D eigenvalue weighted by molar-refractivity contribution is 0.0145. The van der Waals surface area contributed by atoms with Gasteiger partial charge in [-0.2, -0.15) is 5.10 Å². The fourth-order valence-electron chi connectivity index (χ4n) is 1.24. The van der Waals surface area contributed by atoms with Crippen molar-refractivity contribution >= 4 is 0 Å². The average molecular weight is 226 g/mol. The van der Waals surface area contributed by atoms with Crippen LogP contribution in [0.1, 0.15) is 26.6 Å². The molecule has 0 saturated carbocycles.